The summed E-state index contributed by atoms with van der Waals surface area (Å²) in [6.07, 6.45) is 3.70. The van der Waals surface area contributed by atoms with Crippen LogP contribution in [0.25, 0.3) is 0 Å². The van der Waals surface area contributed by atoms with Crippen molar-refractivity contribution in [1.82, 2.24) is 10.4 Å². The van der Waals surface area contributed by atoms with Gasteiger partial charge in [0.1, 0.15) is 0 Å². The Bertz CT molecular complexity index is 465. The van der Waals surface area contributed by atoms with E-state index in [0.29, 0.717) is 0 Å². The lowest BCUT2D eigenvalue weighted by Crippen LogP contribution is -2.30. The standard InChI is InChI=1S/C15H19N3/c1-2-12-6-8-13(9-7-12)11-15(18-16)14-5-3-4-10-17-14/h3-10,15,18H,2,11,16H2,1H3. The monoisotopic (exact) mass is 241 g/mol. The highest BCUT2D eigenvalue weighted by Gasteiger charge is 2.11. The fraction of sp³-hybridized carbons (Fsp3) is 0.267. The molecule has 0 amide bonds. The lowest BCUT2D eigenvalue weighted by molar-refractivity contribution is 0.538. The van der Waals surface area contributed by atoms with Crippen molar-refractivity contribution in [3.8, 4) is 0 Å². The summed E-state index contributed by atoms with van der Waals surface area (Å²) in [6, 6.07) is 14.6. The zero-order valence-corrected chi connectivity index (χ0v) is 10.6. The number of hydrogen-bond acceptors (Lipinski definition) is 3. The molecule has 0 aliphatic carbocycles. The third kappa shape index (κ3) is 3.15. The van der Waals surface area contributed by atoms with Gasteiger partial charge in [-0.1, -0.05) is 37.3 Å². The van der Waals surface area contributed by atoms with Crippen molar-refractivity contribution < 1.29 is 0 Å². The quantitative estimate of drug-likeness (QED) is 0.624. The molecular formula is C15H19N3. The van der Waals surface area contributed by atoms with Gasteiger partial charge in [-0.25, -0.2) is 0 Å². The molecule has 3 nitrogen and oxygen atoms in total. The second kappa shape index (κ2) is 6.28. The van der Waals surface area contributed by atoms with E-state index in [1.807, 2.05) is 18.2 Å². The predicted molar refractivity (Wildman–Crippen MR) is 73.8 cm³/mol. The molecule has 0 fully saturated rings. The average Bonchev–Trinajstić information content (AvgIpc) is 2.46. The molecule has 1 aromatic heterocycles. The van der Waals surface area contributed by atoms with E-state index >= 15 is 0 Å². The van der Waals surface area contributed by atoms with E-state index in [4.69, 9.17) is 5.84 Å². The maximum absolute atomic E-state index is 5.62. The van der Waals surface area contributed by atoms with E-state index in [0.717, 1.165) is 18.5 Å². The van der Waals surface area contributed by atoms with Crippen molar-refractivity contribution in [3.05, 3.63) is 65.5 Å². The number of nitrogens with two attached hydrogens (primary N) is 1. The van der Waals surface area contributed by atoms with Crippen molar-refractivity contribution in [2.75, 3.05) is 0 Å². The minimum Gasteiger partial charge on any atom is -0.271 e. The molecule has 0 bridgehead atoms. The van der Waals surface area contributed by atoms with E-state index in [9.17, 15) is 0 Å². The van der Waals surface area contributed by atoms with Gasteiger partial charge < -0.3 is 0 Å². The van der Waals surface area contributed by atoms with E-state index < -0.39 is 0 Å². The number of aromatic nitrogens is 1. The molecule has 0 aliphatic rings. The van der Waals surface area contributed by atoms with Crippen LogP contribution in [0.15, 0.2) is 48.7 Å². The van der Waals surface area contributed by atoms with E-state index in [-0.39, 0.29) is 6.04 Å². The number of benzene rings is 1. The molecule has 18 heavy (non-hydrogen) atoms. The number of hydrazine groups is 1. The third-order valence-corrected chi connectivity index (χ3v) is 3.12. The molecule has 94 valence electrons. The Labute approximate surface area is 108 Å². The lowest BCUT2D eigenvalue weighted by Gasteiger charge is -2.15. The van der Waals surface area contributed by atoms with Crippen LogP contribution in [0, 0.1) is 0 Å². The molecule has 0 saturated carbocycles. The van der Waals surface area contributed by atoms with E-state index in [1.54, 1.807) is 6.20 Å². The van der Waals surface area contributed by atoms with Crippen molar-refractivity contribution in [2.45, 2.75) is 25.8 Å². The van der Waals surface area contributed by atoms with Gasteiger partial charge in [0.05, 0.1) is 11.7 Å². The highest BCUT2D eigenvalue weighted by molar-refractivity contribution is 5.24. The SMILES string of the molecule is CCc1ccc(CC(NN)c2ccccn2)cc1. The molecule has 3 N–H and O–H groups in total. The summed E-state index contributed by atoms with van der Waals surface area (Å²) in [6.45, 7) is 2.16. The Morgan fingerprint density at radius 1 is 1.11 bits per heavy atom. The minimum atomic E-state index is 0.0543. The molecule has 1 heterocycles. The molecule has 3 heteroatoms. The highest BCUT2D eigenvalue weighted by atomic mass is 15.2. The summed E-state index contributed by atoms with van der Waals surface area (Å²) in [7, 11) is 0. The zero-order valence-electron chi connectivity index (χ0n) is 10.6. The molecule has 2 rings (SSSR count). The number of nitrogens with zero attached hydrogens (tertiary/aromatic N) is 1. The zero-order chi connectivity index (χ0) is 12.8. The molecule has 0 spiro atoms. The Kier molecular flexibility index (Phi) is 4.45. The van der Waals surface area contributed by atoms with Gasteiger partial charge in [0.2, 0.25) is 0 Å². The Hall–Kier alpha value is -1.71. The lowest BCUT2D eigenvalue weighted by atomic mass is 10.0. The summed E-state index contributed by atoms with van der Waals surface area (Å²) in [5.41, 5.74) is 6.42. The van der Waals surface area contributed by atoms with Crippen LogP contribution in [0.4, 0.5) is 0 Å². The second-order valence-electron chi connectivity index (χ2n) is 4.35. The molecule has 0 radical (unpaired) electrons. The number of hydrogen-bond donors (Lipinski definition) is 2. The van der Waals surface area contributed by atoms with Gasteiger partial charge in [0, 0.05) is 6.20 Å². The first-order valence-electron chi connectivity index (χ1n) is 6.28. The first-order valence-corrected chi connectivity index (χ1v) is 6.28. The normalized spacial score (nSPS) is 12.3. The van der Waals surface area contributed by atoms with Crippen LogP contribution in [0.2, 0.25) is 0 Å². The van der Waals surface area contributed by atoms with Gasteiger partial charge in [-0.15, -0.1) is 0 Å². The van der Waals surface area contributed by atoms with Crippen LogP contribution < -0.4 is 11.3 Å². The minimum absolute atomic E-state index is 0.0543. The first-order chi connectivity index (χ1) is 8.83. The van der Waals surface area contributed by atoms with Crippen molar-refractivity contribution in [1.29, 1.82) is 0 Å². The number of aryl methyl sites for hydroxylation is 1. The van der Waals surface area contributed by atoms with E-state index in [1.165, 1.54) is 11.1 Å². The topological polar surface area (TPSA) is 50.9 Å². The Morgan fingerprint density at radius 3 is 2.39 bits per heavy atom. The van der Waals surface area contributed by atoms with Crippen LogP contribution >= 0.6 is 0 Å². The summed E-state index contributed by atoms with van der Waals surface area (Å²) in [5, 5.41) is 0. The van der Waals surface area contributed by atoms with Crippen molar-refractivity contribution in [2.24, 2.45) is 5.84 Å². The van der Waals surface area contributed by atoms with Crippen LogP contribution in [-0.4, -0.2) is 4.98 Å². The molecule has 0 aliphatic heterocycles. The molecule has 0 saturated heterocycles. The fourth-order valence-corrected chi connectivity index (χ4v) is 1.98. The summed E-state index contributed by atoms with van der Waals surface area (Å²) in [4.78, 5) is 4.34. The smallest absolute Gasteiger partial charge is 0.0672 e. The highest BCUT2D eigenvalue weighted by Crippen LogP contribution is 2.16. The fourth-order valence-electron chi connectivity index (χ4n) is 1.98. The summed E-state index contributed by atoms with van der Waals surface area (Å²) in [5.74, 6) is 5.62. The third-order valence-electron chi connectivity index (χ3n) is 3.12. The second-order valence-corrected chi connectivity index (χ2v) is 4.35. The predicted octanol–water partition coefficient (Wildman–Crippen LogP) is 2.39. The molecule has 2 aromatic rings. The van der Waals surface area contributed by atoms with Gasteiger partial charge in [-0.2, -0.15) is 0 Å². The largest absolute Gasteiger partial charge is 0.271 e. The maximum atomic E-state index is 5.62. The van der Waals surface area contributed by atoms with E-state index in [2.05, 4.69) is 41.6 Å². The summed E-state index contributed by atoms with van der Waals surface area (Å²) < 4.78 is 0. The van der Waals surface area contributed by atoms with Gasteiger partial charge in [0.25, 0.3) is 0 Å². The number of rotatable bonds is 5. The summed E-state index contributed by atoms with van der Waals surface area (Å²) >= 11 is 0. The Balaban J connectivity index is 2.10. The van der Waals surface area contributed by atoms with Crippen molar-refractivity contribution >= 4 is 0 Å². The van der Waals surface area contributed by atoms with Crippen LogP contribution in [-0.2, 0) is 12.8 Å². The molecule has 1 aromatic carbocycles. The Morgan fingerprint density at radius 2 is 1.83 bits per heavy atom. The molecule has 1 atom stereocenters. The average molecular weight is 241 g/mol. The maximum Gasteiger partial charge on any atom is 0.0672 e. The van der Waals surface area contributed by atoms with Gasteiger partial charge in [-0.05, 0) is 36.1 Å². The van der Waals surface area contributed by atoms with Crippen LogP contribution in [0.3, 0.4) is 0 Å². The molecule has 1 unspecified atom stereocenters. The number of nitrogens with one attached hydrogen (secondary N) is 1. The number of pyridine rings is 1. The van der Waals surface area contributed by atoms with Gasteiger partial charge >= 0.3 is 0 Å². The van der Waals surface area contributed by atoms with Gasteiger partial charge in [-0.3, -0.25) is 16.3 Å². The molecular weight excluding hydrogens is 222 g/mol. The van der Waals surface area contributed by atoms with Crippen LogP contribution in [0.1, 0.15) is 29.8 Å². The first kappa shape index (κ1) is 12.7. The van der Waals surface area contributed by atoms with Gasteiger partial charge in [0.15, 0.2) is 0 Å². The van der Waals surface area contributed by atoms with Crippen LogP contribution in [0.5, 0.6) is 0 Å². The van der Waals surface area contributed by atoms with Crippen molar-refractivity contribution in [3.63, 3.8) is 0 Å².